The largest absolute Gasteiger partial charge is 0.356 e. The summed E-state index contributed by atoms with van der Waals surface area (Å²) in [5.74, 6) is -0.119. The smallest absolute Gasteiger partial charge is 0.252 e. The van der Waals surface area contributed by atoms with Crippen LogP contribution in [0.1, 0.15) is 23.7 Å². The Balaban J connectivity index is 2.31. The van der Waals surface area contributed by atoms with E-state index in [1.165, 1.54) is 6.92 Å². The Labute approximate surface area is 114 Å². The van der Waals surface area contributed by atoms with Crippen molar-refractivity contribution < 1.29 is 9.59 Å². The maximum Gasteiger partial charge on any atom is 0.252 e. The molecule has 0 saturated heterocycles. The molecule has 0 aromatic heterocycles. The molecule has 2 amide bonds. The number of carbonyl (C=O) groups excluding carboxylic acids is 2. The van der Waals surface area contributed by atoms with Gasteiger partial charge in [-0.1, -0.05) is 12.1 Å². The van der Waals surface area contributed by atoms with Crippen molar-refractivity contribution in [2.24, 2.45) is 0 Å². The number of halogens is 1. The molecule has 92 valence electrons. The van der Waals surface area contributed by atoms with Crippen molar-refractivity contribution in [1.82, 2.24) is 10.6 Å². The zero-order valence-electron chi connectivity index (χ0n) is 9.63. The minimum atomic E-state index is -0.0715. The number of benzene rings is 1. The molecular weight excluding hydrogens is 331 g/mol. The van der Waals surface area contributed by atoms with E-state index in [0.717, 1.165) is 9.99 Å². The topological polar surface area (TPSA) is 58.2 Å². The lowest BCUT2D eigenvalue weighted by atomic mass is 10.2. The summed E-state index contributed by atoms with van der Waals surface area (Å²) in [6, 6.07) is 7.43. The Bertz CT molecular complexity index is 407. The van der Waals surface area contributed by atoms with Gasteiger partial charge in [-0.2, -0.15) is 0 Å². The van der Waals surface area contributed by atoms with Crippen molar-refractivity contribution in [1.29, 1.82) is 0 Å². The van der Waals surface area contributed by atoms with Gasteiger partial charge in [0.2, 0.25) is 5.91 Å². The summed E-state index contributed by atoms with van der Waals surface area (Å²) in [6.45, 7) is 2.62. The number of nitrogens with one attached hydrogen (secondary N) is 2. The Morgan fingerprint density at radius 2 is 1.82 bits per heavy atom. The Morgan fingerprint density at radius 1 is 1.18 bits per heavy atom. The zero-order valence-corrected chi connectivity index (χ0v) is 11.8. The molecular formula is C12H15IN2O2. The maximum absolute atomic E-state index is 11.8. The van der Waals surface area contributed by atoms with Crippen molar-refractivity contribution in [2.75, 3.05) is 13.1 Å². The van der Waals surface area contributed by atoms with E-state index in [1.54, 1.807) is 6.07 Å². The SMILES string of the molecule is CC(=O)NCCCNC(=O)c1ccccc1I. The number of hydrogen-bond acceptors (Lipinski definition) is 2. The number of hydrogen-bond donors (Lipinski definition) is 2. The first-order valence-corrected chi connectivity index (χ1v) is 6.46. The summed E-state index contributed by atoms with van der Waals surface area (Å²) >= 11 is 2.13. The van der Waals surface area contributed by atoms with Crippen molar-refractivity contribution in [2.45, 2.75) is 13.3 Å². The molecule has 1 aromatic rings. The van der Waals surface area contributed by atoms with E-state index in [2.05, 4.69) is 33.2 Å². The highest BCUT2D eigenvalue weighted by atomic mass is 127. The molecule has 0 fully saturated rings. The van der Waals surface area contributed by atoms with E-state index in [-0.39, 0.29) is 11.8 Å². The van der Waals surface area contributed by atoms with Gasteiger partial charge < -0.3 is 10.6 Å². The van der Waals surface area contributed by atoms with Gasteiger partial charge in [0.25, 0.3) is 5.91 Å². The number of rotatable bonds is 5. The maximum atomic E-state index is 11.8. The van der Waals surface area contributed by atoms with E-state index in [4.69, 9.17) is 0 Å². The van der Waals surface area contributed by atoms with Crippen molar-refractivity contribution >= 4 is 34.4 Å². The molecule has 1 rings (SSSR count). The first-order valence-electron chi connectivity index (χ1n) is 5.38. The van der Waals surface area contributed by atoms with Crippen LogP contribution in [0.5, 0.6) is 0 Å². The van der Waals surface area contributed by atoms with Gasteiger partial charge in [0, 0.05) is 23.6 Å². The molecule has 0 aliphatic heterocycles. The van der Waals surface area contributed by atoms with E-state index in [0.29, 0.717) is 18.7 Å². The lowest BCUT2D eigenvalue weighted by molar-refractivity contribution is -0.118. The monoisotopic (exact) mass is 346 g/mol. The highest BCUT2D eigenvalue weighted by Crippen LogP contribution is 2.10. The predicted molar refractivity (Wildman–Crippen MR) is 74.8 cm³/mol. The second-order valence-electron chi connectivity index (χ2n) is 3.57. The average Bonchev–Trinajstić information content (AvgIpc) is 2.28. The molecule has 0 aliphatic rings. The lowest BCUT2D eigenvalue weighted by Gasteiger charge is -2.06. The standard InChI is InChI=1S/C12H15IN2O2/c1-9(16)14-7-4-8-15-12(17)10-5-2-3-6-11(10)13/h2-3,5-6H,4,7-8H2,1H3,(H,14,16)(H,15,17). The van der Waals surface area contributed by atoms with Crippen LogP contribution in [0.15, 0.2) is 24.3 Å². The highest BCUT2D eigenvalue weighted by molar-refractivity contribution is 14.1. The molecule has 1 aromatic carbocycles. The quantitative estimate of drug-likeness (QED) is 0.628. The van der Waals surface area contributed by atoms with Crippen LogP contribution in [-0.4, -0.2) is 24.9 Å². The van der Waals surface area contributed by atoms with E-state index in [9.17, 15) is 9.59 Å². The third kappa shape index (κ3) is 5.16. The van der Waals surface area contributed by atoms with Crippen LogP contribution in [-0.2, 0) is 4.79 Å². The predicted octanol–water partition coefficient (Wildman–Crippen LogP) is 1.55. The normalized spacial score (nSPS) is 9.76. The molecule has 5 heteroatoms. The summed E-state index contributed by atoms with van der Waals surface area (Å²) < 4.78 is 0.935. The lowest BCUT2D eigenvalue weighted by Crippen LogP contribution is -2.29. The summed E-state index contributed by atoms with van der Waals surface area (Å²) in [5.41, 5.74) is 0.688. The molecule has 2 N–H and O–H groups in total. The fourth-order valence-corrected chi connectivity index (χ4v) is 1.93. The molecule has 0 radical (unpaired) electrons. The molecule has 4 nitrogen and oxygen atoms in total. The third-order valence-corrected chi connectivity index (χ3v) is 3.07. The summed E-state index contributed by atoms with van der Waals surface area (Å²) in [7, 11) is 0. The van der Waals surface area contributed by atoms with Gasteiger partial charge in [0.15, 0.2) is 0 Å². The Kier molecular flexibility index (Phi) is 5.96. The average molecular weight is 346 g/mol. The van der Waals surface area contributed by atoms with Gasteiger partial charge in [0.05, 0.1) is 5.56 Å². The van der Waals surface area contributed by atoms with Crippen molar-refractivity contribution in [3.8, 4) is 0 Å². The fraction of sp³-hybridized carbons (Fsp3) is 0.333. The van der Waals surface area contributed by atoms with E-state index >= 15 is 0 Å². The van der Waals surface area contributed by atoms with Crippen molar-refractivity contribution in [3.05, 3.63) is 33.4 Å². The van der Waals surface area contributed by atoms with Gasteiger partial charge in [-0.3, -0.25) is 9.59 Å². The molecule has 0 atom stereocenters. The first-order chi connectivity index (χ1) is 8.11. The summed E-state index contributed by atoms with van der Waals surface area (Å²) in [6.07, 6.45) is 0.731. The van der Waals surface area contributed by atoms with Crippen LogP contribution in [0.3, 0.4) is 0 Å². The minimum Gasteiger partial charge on any atom is -0.356 e. The molecule has 17 heavy (non-hydrogen) atoms. The van der Waals surface area contributed by atoms with Crippen molar-refractivity contribution in [3.63, 3.8) is 0 Å². The Hall–Kier alpha value is -1.11. The molecule has 0 bridgehead atoms. The van der Waals surface area contributed by atoms with Gasteiger partial charge in [-0.25, -0.2) is 0 Å². The molecule has 0 spiro atoms. The molecule has 0 aliphatic carbocycles. The second-order valence-corrected chi connectivity index (χ2v) is 4.73. The molecule has 0 unspecified atom stereocenters. The summed E-state index contributed by atoms with van der Waals surface area (Å²) in [4.78, 5) is 22.4. The highest BCUT2D eigenvalue weighted by Gasteiger charge is 2.07. The van der Waals surface area contributed by atoms with Crippen LogP contribution in [0.4, 0.5) is 0 Å². The van der Waals surface area contributed by atoms with E-state index < -0.39 is 0 Å². The Morgan fingerprint density at radius 3 is 2.47 bits per heavy atom. The van der Waals surface area contributed by atoms with E-state index in [1.807, 2.05) is 18.2 Å². The number of carbonyl (C=O) groups is 2. The van der Waals surface area contributed by atoms with Crippen LogP contribution in [0.25, 0.3) is 0 Å². The third-order valence-electron chi connectivity index (χ3n) is 2.13. The molecule has 0 heterocycles. The molecule has 0 saturated carbocycles. The van der Waals surface area contributed by atoms with Gasteiger partial charge in [0.1, 0.15) is 0 Å². The van der Waals surface area contributed by atoms with Gasteiger partial charge >= 0.3 is 0 Å². The van der Waals surface area contributed by atoms with Crippen LogP contribution < -0.4 is 10.6 Å². The van der Waals surface area contributed by atoms with Gasteiger partial charge in [-0.05, 0) is 41.1 Å². The van der Waals surface area contributed by atoms with Crippen LogP contribution in [0, 0.1) is 3.57 Å². The second kappa shape index (κ2) is 7.26. The number of amides is 2. The van der Waals surface area contributed by atoms with Gasteiger partial charge in [-0.15, -0.1) is 0 Å². The van der Waals surface area contributed by atoms with Crippen LogP contribution in [0.2, 0.25) is 0 Å². The summed E-state index contributed by atoms with van der Waals surface area (Å²) in [5, 5.41) is 5.50. The zero-order chi connectivity index (χ0) is 12.7. The first kappa shape index (κ1) is 14.0. The fourth-order valence-electron chi connectivity index (χ4n) is 1.30. The van der Waals surface area contributed by atoms with Crippen LogP contribution >= 0.6 is 22.6 Å². The minimum absolute atomic E-state index is 0.0473.